The second kappa shape index (κ2) is 5.63. The summed E-state index contributed by atoms with van der Waals surface area (Å²) in [7, 11) is 0. The number of rotatable bonds is 5. The van der Waals surface area contributed by atoms with Crippen LogP contribution in [0.1, 0.15) is 19.8 Å². The van der Waals surface area contributed by atoms with Crippen molar-refractivity contribution in [2.45, 2.75) is 44.4 Å². The van der Waals surface area contributed by atoms with Gasteiger partial charge in [-0.25, -0.2) is 0 Å². The monoisotopic (exact) mass is 206 g/mol. The van der Waals surface area contributed by atoms with E-state index in [1.54, 1.807) is 0 Å². The molecule has 0 aromatic rings. The first kappa shape index (κ1) is 11.9. The Labute approximate surface area is 83.3 Å². The quantitative estimate of drug-likeness (QED) is 0.515. The van der Waals surface area contributed by atoms with Crippen molar-refractivity contribution in [2.75, 3.05) is 13.2 Å². The maximum Gasteiger partial charge on any atom is 0.186 e. The molecular weight excluding hydrogens is 188 g/mol. The van der Waals surface area contributed by atoms with E-state index in [2.05, 4.69) is 0 Å². The highest BCUT2D eigenvalue weighted by Crippen LogP contribution is 2.21. The highest BCUT2D eigenvalue weighted by Gasteiger charge is 2.42. The van der Waals surface area contributed by atoms with Crippen LogP contribution in [0, 0.1) is 0 Å². The van der Waals surface area contributed by atoms with E-state index in [1.807, 2.05) is 6.92 Å². The minimum absolute atomic E-state index is 0.314. The lowest BCUT2D eigenvalue weighted by atomic mass is 10.1. The maximum absolute atomic E-state index is 9.45. The van der Waals surface area contributed by atoms with E-state index in [0.717, 1.165) is 12.8 Å². The Morgan fingerprint density at radius 2 is 2.00 bits per heavy atom. The third-order valence-electron chi connectivity index (χ3n) is 2.28. The fourth-order valence-electron chi connectivity index (χ4n) is 1.35. The van der Waals surface area contributed by atoms with Crippen LogP contribution < -0.4 is 0 Å². The molecule has 0 amide bonds. The molecule has 0 spiro atoms. The predicted molar refractivity (Wildman–Crippen MR) is 48.6 cm³/mol. The molecule has 3 N–H and O–H groups in total. The number of aliphatic hydroxyl groups excluding tert-OH is 3. The summed E-state index contributed by atoms with van der Waals surface area (Å²) in [5.74, 6) is 0. The first-order valence-electron chi connectivity index (χ1n) is 4.94. The van der Waals surface area contributed by atoms with Crippen molar-refractivity contribution in [1.82, 2.24) is 0 Å². The van der Waals surface area contributed by atoms with Gasteiger partial charge in [-0.2, -0.15) is 0 Å². The lowest BCUT2D eigenvalue weighted by Crippen LogP contribution is -2.34. The zero-order valence-corrected chi connectivity index (χ0v) is 8.30. The van der Waals surface area contributed by atoms with Gasteiger partial charge < -0.3 is 24.8 Å². The van der Waals surface area contributed by atoms with E-state index in [1.165, 1.54) is 0 Å². The molecule has 4 atom stereocenters. The Morgan fingerprint density at radius 3 is 2.50 bits per heavy atom. The topological polar surface area (TPSA) is 79.2 Å². The van der Waals surface area contributed by atoms with Crippen LogP contribution in [0.3, 0.4) is 0 Å². The average Bonchev–Trinajstić information content (AvgIpc) is 2.46. The molecule has 84 valence electrons. The number of ether oxygens (including phenoxy) is 2. The molecule has 1 saturated heterocycles. The third-order valence-corrected chi connectivity index (χ3v) is 2.28. The number of hydrogen-bond donors (Lipinski definition) is 3. The smallest absolute Gasteiger partial charge is 0.186 e. The lowest BCUT2D eigenvalue weighted by Gasteiger charge is -2.14. The van der Waals surface area contributed by atoms with Gasteiger partial charge in [0.05, 0.1) is 6.61 Å². The summed E-state index contributed by atoms with van der Waals surface area (Å²) in [5, 5.41) is 27.6. The van der Waals surface area contributed by atoms with Crippen molar-refractivity contribution >= 4 is 0 Å². The van der Waals surface area contributed by atoms with E-state index in [-0.39, 0.29) is 6.61 Å². The second-order valence-corrected chi connectivity index (χ2v) is 3.43. The molecule has 1 unspecified atom stereocenters. The van der Waals surface area contributed by atoms with Gasteiger partial charge in [-0.1, -0.05) is 13.3 Å². The van der Waals surface area contributed by atoms with Gasteiger partial charge in [0.2, 0.25) is 0 Å². The molecular formula is C9H18O5. The van der Waals surface area contributed by atoms with E-state index in [0.29, 0.717) is 6.61 Å². The molecule has 0 aliphatic carbocycles. The normalized spacial score (nSPS) is 37.7. The van der Waals surface area contributed by atoms with E-state index in [4.69, 9.17) is 14.6 Å². The van der Waals surface area contributed by atoms with Crippen LogP contribution in [0.15, 0.2) is 0 Å². The van der Waals surface area contributed by atoms with Crippen LogP contribution in [-0.4, -0.2) is 53.1 Å². The van der Waals surface area contributed by atoms with Gasteiger partial charge in [0, 0.05) is 6.61 Å². The van der Waals surface area contributed by atoms with Gasteiger partial charge >= 0.3 is 0 Å². The van der Waals surface area contributed by atoms with Crippen LogP contribution >= 0.6 is 0 Å². The van der Waals surface area contributed by atoms with E-state index in [9.17, 15) is 10.2 Å². The Hall–Kier alpha value is -0.200. The molecule has 1 aliphatic rings. The summed E-state index contributed by atoms with van der Waals surface area (Å²) in [5.41, 5.74) is 0. The summed E-state index contributed by atoms with van der Waals surface area (Å²) in [6.07, 6.45) is -1.80. The molecule has 1 fully saturated rings. The van der Waals surface area contributed by atoms with Crippen LogP contribution in [0.5, 0.6) is 0 Å². The van der Waals surface area contributed by atoms with Gasteiger partial charge in [0.25, 0.3) is 0 Å². The van der Waals surface area contributed by atoms with Gasteiger partial charge in [-0.3, -0.25) is 0 Å². The van der Waals surface area contributed by atoms with E-state index >= 15 is 0 Å². The van der Waals surface area contributed by atoms with Crippen LogP contribution in [0.2, 0.25) is 0 Å². The van der Waals surface area contributed by atoms with Crippen molar-refractivity contribution in [2.24, 2.45) is 0 Å². The van der Waals surface area contributed by atoms with Crippen molar-refractivity contribution in [3.8, 4) is 0 Å². The van der Waals surface area contributed by atoms with Crippen molar-refractivity contribution in [3.05, 3.63) is 0 Å². The molecule has 1 heterocycles. The molecule has 5 nitrogen and oxygen atoms in total. The van der Waals surface area contributed by atoms with Gasteiger partial charge in [0.15, 0.2) is 6.29 Å². The van der Waals surface area contributed by atoms with Gasteiger partial charge in [-0.05, 0) is 6.42 Å². The van der Waals surface area contributed by atoms with Crippen LogP contribution in [0.4, 0.5) is 0 Å². The Bertz CT molecular complexity index is 163. The first-order chi connectivity index (χ1) is 6.70. The summed E-state index contributed by atoms with van der Waals surface area (Å²) in [4.78, 5) is 0. The average molecular weight is 206 g/mol. The third kappa shape index (κ3) is 2.65. The van der Waals surface area contributed by atoms with Gasteiger partial charge in [-0.15, -0.1) is 0 Å². The summed E-state index contributed by atoms with van der Waals surface area (Å²) < 4.78 is 10.3. The zero-order valence-electron chi connectivity index (χ0n) is 8.30. The Balaban J connectivity index is 2.32. The number of hydrogen-bond acceptors (Lipinski definition) is 5. The second-order valence-electron chi connectivity index (χ2n) is 3.43. The molecule has 0 saturated carbocycles. The van der Waals surface area contributed by atoms with Crippen molar-refractivity contribution in [3.63, 3.8) is 0 Å². The Morgan fingerprint density at radius 1 is 1.29 bits per heavy atom. The summed E-state index contributed by atoms with van der Waals surface area (Å²) >= 11 is 0. The van der Waals surface area contributed by atoms with Crippen LogP contribution in [-0.2, 0) is 9.47 Å². The highest BCUT2D eigenvalue weighted by molar-refractivity contribution is 4.86. The van der Waals surface area contributed by atoms with Gasteiger partial charge in [0.1, 0.15) is 18.3 Å². The highest BCUT2D eigenvalue weighted by atomic mass is 16.7. The van der Waals surface area contributed by atoms with E-state index < -0.39 is 24.6 Å². The largest absolute Gasteiger partial charge is 0.394 e. The molecule has 0 aromatic heterocycles. The molecule has 1 aliphatic heterocycles. The lowest BCUT2D eigenvalue weighted by molar-refractivity contribution is -0.169. The molecule has 1 rings (SSSR count). The zero-order chi connectivity index (χ0) is 10.6. The molecule has 0 aromatic carbocycles. The Kier molecular flexibility index (Phi) is 4.77. The molecule has 0 radical (unpaired) electrons. The summed E-state index contributed by atoms with van der Waals surface area (Å²) in [6, 6.07) is 0. The van der Waals surface area contributed by atoms with Crippen molar-refractivity contribution in [1.29, 1.82) is 0 Å². The molecule has 5 heteroatoms. The standard InChI is InChI=1S/C9H18O5/c1-2-3-4-13-9-8(12)7(11)6(5-10)14-9/h6-12H,2-5H2,1H3/t6-,7+,8-,9?/m1/s1. The first-order valence-corrected chi connectivity index (χ1v) is 4.94. The number of unbranched alkanes of at least 4 members (excludes halogenated alkanes) is 1. The fourth-order valence-corrected chi connectivity index (χ4v) is 1.35. The predicted octanol–water partition coefficient (Wildman–Crippen LogP) is -0.758. The van der Waals surface area contributed by atoms with Crippen molar-refractivity contribution < 1.29 is 24.8 Å². The van der Waals surface area contributed by atoms with Crippen LogP contribution in [0.25, 0.3) is 0 Å². The number of aliphatic hydroxyl groups is 3. The fraction of sp³-hybridized carbons (Fsp3) is 1.00. The molecule has 0 bridgehead atoms. The summed E-state index contributed by atoms with van der Waals surface area (Å²) in [6.45, 7) is 2.20. The maximum atomic E-state index is 9.45. The molecule has 14 heavy (non-hydrogen) atoms. The SMILES string of the molecule is CCCCOC1O[C@H](CO)[C@H](O)[C@H]1O. The minimum atomic E-state index is -1.07. The minimum Gasteiger partial charge on any atom is -0.394 e.